The molecule has 1 aliphatic heterocycles. The van der Waals surface area contributed by atoms with Gasteiger partial charge in [0, 0.05) is 22.3 Å². The Labute approximate surface area is 178 Å². The number of fused-ring (bicyclic) bond motifs is 2. The summed E-state index contributed by atoms with van der Waals surface area (Å²) in [5.41, 5.74) is 0.706. The first-order valence-corrected chi connectivity index (χ1v) is 9.89. The van der Waals surface area contributed by atoms with Crippen molar-refractivity contribution in [3.05, 3.63) is 107 Å². The number of methoxy groups -OCH3 is 1. The van der Waals surface area contributed by atoms with E-state index in [-0.39, 0.29) is 34.7 Å². The van der Waals surface area contributed by atoms with E-state index < -0.39 is 11.4 Å². The summed E-state index contributed by atoms with van der Waals surface area (Å²) in [6.45, 7) is 0. The molecule has 3 aromatic carbocycles. The van der Waals surface area contributed by atoms with Crippen LogP contribution in [0.1, 0.15) is 31.8 Å². The molecular weight excluding hydrogens is 392 g/mol. The number of allylic oxidation sites excluding steroid dienone is 1. The zero-order chi connectivity index (χ0) is 21.6. The van der Waals surface area contributed by atoms with E-state index in [1.54, 1.807) is 42.5 Å². The largest absolute Gasteiger partial charge is 0.497 e. The van der Waals surface area contributed by atoms with E-state index in [0.29, 0.717) is 17.1 Å². The zero-order valence-electron chi connectivity index (χ0n) is 16.8. The summed E-state index contributed by atoms with van der Waals surface area (Å²) >= 11 is 0. The summed E-state index contributed by atoms with van der Waals surface area (Å²) in [5.74, 6) is -0.358. The predicted octanol–water partition coefficient (Wildman–Crippen LogP) is 4.10. The van der Waals surface area contributed by atoms with Gasteiger partial charge in [-0.15, -0.1) is 0 Å². The first kappa shape index (κ1) is 19.0. The van der Waals surface area contributed by atoms with Gasteiger partial charge in [0.25, 0.3) is 0 Å². The predicted molar refractivity (Wildman–Crippen MR) is 114 cm³/mol. The summed E-state index contributed by atoms with van der Waals surface area (Å²) in [6.07, 6.45) is 1.50. The Morgan fingerprint density at radius 3 is 2.39 bits per heavy atom. The highest BCUT2D eigenvalue weighted by atomic mass is 16.5. The van der Waals surface area contributed by atoms with Crippen LogP contribution in [0.3, 0.4) is 0 Å². The summed E-state index contributed by atoms with van der Waals surface area (Å²) in [5, 5.41) is 0. The van der Waals surface area contributed by atoms with Crippen LogP contribution in [0.25, 0.3) is 0 Å². The van der Waals surface area contributed by atoms with E-state index in [2.05, 4.69) is 0 Å². The van der Waals surface area contributed by atoms with Crippen molar-refractivity contribution in [1.29, 1.82) is 0 Å². The van der Waals surface area contributed by atoms with E-state index in [1.807, 2.05) is 30.3 Å². The maximum absolute atomic E-state index is 13.6. The minimum atomic E-state index is -1.40. The van der Waals surface area contributed by atoms with Gasteiger partial charge in [0.2, 0.25) is 0 Å². The molecule has 0 saturated carbocycles. The average molecular weight is 410 g/mol. The molecule has 5 rings (SSSR count). The van der Waals surface area contributed by atoms with Gasteiger partial charge in [0.05, 0.1) is 7.11 Å². The lowest BCUT2D eigenvalue weighted by atomic mass is 9.66. The first-order chi connectivity index (χ1) is 15.0. The molecule has 0 N–H and O–H groups in total. The summed E-state index contributed by atoms with van der Waals surface area (Å²) in [7, 11) is 1.50. The first-order valence-electron chi connectivity index (χ1n) is 9.89. The van der Waals surface area contributed by atoms with Crippen LogP contribution in [0.2, 0.25) is 0 Å². The van der Waals surface area contributed by atoms with Crippen molar-refractivity contribution in [2.24, 2.45) is 0 Å². The standard InChI is InChI=1S/C26H18O5/c1-30-17-11-12-18-19(13-17)22(27)14-21(24(18)28)26(15-16-7-3-2-4-8-16)20-9-5-6-10-23(20)31-25(26)29/h2-14H,15H2,1H3/t26-/m1/s1. The maximum Gasteiger partial charge on any atom is 0.327 e. The minimum Gasteiger partial charge on any atom is -0.497 e. The van der Waals surface area contributed by atoms with E-state index in [1.165, 1.54) is 13.2 Å². The highest BCUT2D eigenvalue weighted by molar-refractivity contribution is 6.27. The molecule has 31 heavy (non-hydrogen) atoms. The van der Waals surface area contributed by atoms with Gasteiger partial charge < -0.3 is 9.47 Å². The van der Waals surface area contributed by atoms with Crippen LogP contribution < -0.4 is 9.47 Å². The van der Waals surface area contributed by atoms with Gasteiger partial charge in [-0.25, -0.2) is 0 Å². The normalized spacial score (nSPS) is 19.4. The van der Waals surface area contributed by atoms with Crippen molar-refractivity contribution in [1.82, 2.24) is 0 Å². The molecule has 1 atom stereocenters. The van der Waals surface area contributed by atoms with Crippen LogP contribution in [-0.2, 0) is 16.6 Å². The smallest absolute Gasteiger partial charge is 0.327 e. The highest BCUT2D eigenvalue weighted by Crippen LogP contribution is 2.48. The Hall–Kier alpha value is -3.99. The van der Waals surface area contributed by atoms with Gasteiger partial charge in [0.15, 0.2) is 11.6 Å². The van der Waals surface area contributed by atoms with Gasteiger partial charge in [-0.05, 0) is 42.3 Å². The zero-order valence-corrected chi connectivity index (χ0v) is 16.8. The maximum atomic E-state index is 13.6. The number of esters is 1. The topological polar surface area (TPSA) is 69.7 Å². The third-order valence-corrected chi connectivity index (χ3v) is 5.93. The molecule has 0 aromatic heterocycles. The second-order valence-corrected chi connectivity index (χ2v) is 7.62. The fraction of sp³-hybridized carbons (Fsp3) is 0.115. The monoisotopic (exact) mass is 410 g/mol. The number of rotatable bonds is 4. The van der Waals surface area contributed by atoms with Gasteiger partial charge in [-0.1, -0.05) is 48.5 Å². The molecule has 0 amide bonds. The molecule has 0 unspecified atom stereocenters. The summed E-state index contributed by atoms with van der Waals surface area (Å²) in [6, 6.07) is 21.2. The van der Waals surface area contributed by atoms with Gasteiger partial charge in [-0.3, -0.25) is 14.4 Å². The van der Waals surface area contributed by atoms with Crippen molar-refractivity contribution in [2.45, 2.75) is 11.8 Å². The summed E-state index contributed by atoms with van der Waals surface area (Å²) in [4.78, 5) is 40.0. The lowest BCUT2D eigenvalue weighted by Crippen LogP contribution is -2.42. The molecule has 0 radical (unpaired) electrons. The summed E-state index contributed by atoms with van der Waals surface area (Å²) < 4.78 is 10.8. The molecule has 152 valence electrons. The van der Waals surface area contributed by atoms with Crippen LogP contribution in [0.4, 0.5) is 0 Å². The number of ketones is 2. The van der Waals surface area contributed by atoms with Crippen LogP contribution in [0.15, 0.2) is 84.4 Å². The van der Waals surface area contributed by atoms with Crippen molar-refractivity contribution in [3.8, 4) is 11.5 Å². The van der Waals surface area contributed by atoms with Gasteiger partial charge in [0.1, 0.15) is 16.9 Å². The molecule has 0 saturated heterocycles. The molecule has 5 heteroatoms. The average Bonchev–Trinajstić information content (AvgIpc) is 3.08. The molecule has 0 bridgehead atoms. The number of ether oxygens (including phenoxy) is 2. The number of para-hydroxylation sites is 1. The van der Waals surface area contributed by atoms with Crippen molar-refractivity contribution >= 4 is 17.5 Å². The molecular formula is C26H18O5. The third kappa shape index (κ3) is 2.81. The Bertz CT molecular complexity index is 1270. The second-order valence-electron chi connectivity index (χ2n) is 7.62. The van der Waals surface area contributed by atoms with E-state index >= 15 is 0 Å². The molecule has 0 spiro atoms. The minimum absolute atomic E-state index is 0.133. The second kappa shape index (κ2) is 7.06. The van der Waals surface area contributed by atoms with Crippen LogP contribution in [-0.4, -0.2) is 24.6 Å². The SMILES string of the molecule is COc1ccc2c(c1)C(=O)C=C([C@]1(Cc3ccccc3)C(=O)Oc3ccccc31)C2=O. The van der Waals surface area contributed by atoms with Gasteiger partial charge >= 0.3 is 5.97 Å². The van der Waals surface area contributed by atoms with Crippen LogP contribution >= 0.6 is 0 Å². The third-order valence-electron chi connectivity index (χ3n) is 5.93. The van der Waals surface area contributed by atoms with Crippen molar-refractivity contribution in [3.63, 3.8) is 0 Å². The molecule has 2 aliphatic rings. The Balaban J connectivity index is 1.73. The molecule has 1 heterocycles. The van der Waals surface area contributed by atoms with E-state index in [0.717, 1.165) is 5.56 Å². The van der Waals surface area contributed by atoms with E-state index in [4.69, 9.17) is 9.47 Å². The van der Waals surface area contributed by atoms with E-state index in [9.17, 15) is 14.4 Å². The molecule has 3 aromatic rings. The lowest BCUT2D eigenvalue weighted by molar-refractivity contribution is -0.136. The lowest BCUT2D eigenvalue weighted by Gasteiger charge is -2.30. The van der Waals surface area contributed by atoms with Crippen LogP contribution in [0.5, 0.6) is 11.5 Å². The number of hydrogen-bond acceptors (Lipinski definition) is 5. The van der Waals surface area contributed by atoms with Crippen LogP contribution in [0, 0.1) is 0 Å². The highest BCUT2D eigenvalue weighted by Gasteiger charge is 2.55. The molecule has 1 aliphatic carbocycles. The van der Waals surface area contributed by atoms with Crippen molar-refractivity contribution < 1.29 is 23.9 Å². The quantitative estimate of drug-likeness (QED) is 0.478. The number of Topliss-reactive ketones (excluding diaryl/α,β-unsaturated/α-hetero) is 1. The number of carbonyl (C=O) groups excluding carboxylic acids is 3. The Morgan fingerprint density at radius 2 is 1.61 bits per heavy atom. The Morgan fingerprint density at radius 1 is 0.871 bits per heavy atom. The van der Waals surface area contributed by atoms with Crippen molar-refractivity contribution in [2.75, 3.05) is 7.11 Å². The Kier molecular flexibility index (Phi) is 4.33. The van der Waals surface area contributed by atoms with Gasteiger partial charge in [-0.2, -0.15) is 0 Å². The number of hydrogen-bond donors (Lipinski definition) is 0. The fourth-order valence-corrected chi connectivity index (χ4v) is 4.41. The molecule has 0 fully saturated rings. The molecule has 5 nitrogen and oxygen atoms in total. The number of carbonyl (C=O) groups is 3. The fourth-order valence-electron chi connectivity index (χ4n) is 4.41. The number of benzene rings is 3.